The van der Waals surface area contributed by atoms with Crippen LogP contribution in [-0.4, -0.2) is 59.1 Å². The predicted octanol–water partition coefficient (Wildman–Crippen LogP) is 1.32. The molecule has 2 fully saturated rings. The number of aromatic nitrogens is 2. The van der Waals surface area contributed by atoms with Crippen LogP contribution in [0.25, 0.3) is 0 Å². The Labute approximate surface area is 126 Å². The Bertz CT molecular complexity index is 610. The van der Waals surface area contributed by atoms with Gasteiger partial charge in [-0.3, -0.25) is 9.58 Å². The zero-order chi connectivity index (χ0) is 15.2. The lowest BCUT2D eigenvalue weighted by atomic mass is 10.1. The van der Waals surface area contributed by atoms with Gasteiger partial charge in [-0.05, 0) is 40.2 Å². The second-order valence-corrected chi connectivity index (χ2v) is 8.36. The average Bonchev–Trinajstić information content (AvgIpc) is 3.06. The van der Waals surface area contributed by atoms with E-state index < -0.39 is 10.0 Å². The highest BCUT2D eigenvalue weighted by Crippen LogP contribution is 2.29. The molecule has 2 aliphatic heterocycles. The summed E-state index contributed by atoms with van der Waals surface area (Å²) in [5.74, 6) is 0. The van der Waals surface area contributed by atoms with Crippen LogP contribution in [0.4, 0.5) is 0 Å². The first kappa shape index (κ1) is 15.0. The van der Waals surface area contributed by atoms with Crippen LogP contribution in [0.2, 0.25) is 0 Å². The normalized spacial score (nSPS) is 28.2. The minimum absolute atomic E-state index is 0.0201. The van der Waals surface area contributed by atoms with Crippen LogP contribution in [0.3, 0.4) is 0 Å². The molecule has 0 radical (unpaired) electrons. The molecule has 21 heavy (non-hydrogen) atoms. The first-order valence-electron chi connectivity index (χ1n) is 7.69. The highest BCUT2D eigenvalue weighted by Gasteiger charge is 2.40. The highest BCUT2D eigenvalue weighted by atomic mass is 32.2. The Morgan fingerprint density at radius 3 is 2.76 bits per heavy atom. The summed E-state index contributed by atoms with van der Waals surface area (Å²) in [4.78, 5) is 2.74. The third kappa shape index (κ3) is 2.62. The Balaban J connectivity index is 1.86. The van der Waals surface area contributed by atoms with Crippen LogP contribution in [0.1, 0.15) is 39.7 Å². The molecule has 0 bridgehead atoms. The van der Waals surface area contributed by atoms with Gasteiger partial charge in [-0.15, -0.1) is 0 Å². The minimum atomic E-state index is -3.44. The van der Waals surface area contributed by atoms with Gasteiger partial charge >= 0.3 is 0 Å². The zero-order valence-electron chi connectivity index (χ0n) is 12.9. The van der Waals surface area contributed by atoms with Crippen molar-refractivity contribution in [3.05, 3.63) is 12.4 Å². The van der Waals surface area contributed by atoms with E-state index in [1.165, 1.54) is 12.6 Å². The van der Waals surface area contributed by atoms with Gasteiger partial charge < -0.3 is 0 Å². The van der Waals surface area contributed by atoms with Crippen LogP contribution < -0.4 is 0 Å². The Morgan fingerprint density at radius 1 is 1.33 bits per heavy atom. The van der Waals surface area contributed by atoms with E-state index in [-0.39, 0.29) is 12.1 Å². The SMILES string of the molecule is CC(C)n1cc(S(=O)(=O)N2C[C@@H]3CCCN3C[C@@H]2C)cn1. The van der Waals surface area contributed by atoms with Crippen molar-refractivity contribution in [2.45, 2.75) is 56.6 Å². The van der Waals surface area contributed by atoms with Crippen LogP contribution in [-0.2, 0) is 10.0 Å². The van der Waals surface area contributed by atoms with Gasteiger partial charge in [0.25, 0.3) is 0 Å². The fourth-order valence-corrected chi connectivity index (χ4v) is 4.97. The van der Waals surface area contributed by atoms with E-state index in [2.05, 4.69) is 10.00 Å². The number of fused-ring (bicyclic) bond motifs is 1. The molecule has 2 atom stereocenters. The maximum Gasteiger partial charge on any atom is 0.246 e. The third-order valence-corrected chi connectivity index (χ3v) is 6.53. The second-order valence-electron chi connectivity index (χ2n) is 6.46. The Morgan fingerprint density at radius 2 is 2.10 bits per heavy atom. The molecule has 2 aliphatic rings. The van der Waals surface area contributed by atoms with E-state index in [1.807, 2.05) is 20.8 Å². The van der Waals surface area contributed by atoms with Gasteiger partial charge in [0.1, 0.15) is 4.90 Å². The molecule has 3 rings (SSSR count). The number of rotatable bonds is 3. The molecule has 0 saturated carbocycles. The monoisotopic (exact) mass is 312 g/mol. The quantitative estimate of drug-likeness (QED) is 0.845. The van der Waals surface area contributed by atoms with E-state index in [0.29, 0.717) is 17.5 Å². The maximum absolute atomic E-state index is 12.9. The molecule has 0 unspecified atom stereocenters. The minimum Gasteiger partial charge on any atom is -0.297 e. The number of hydrogen-bond donors (Lipinski definition) is 0. The van der Waals surface area contributed by atoms with Crippen molar-refractivity contribution in [3.8, 4) is 0 Å². The molecule has 118 valence electrons. The first-order valence-corrected chi connectivity index (χ1v) is 9.13. The van der Waals surface area contributed by atoms with E-state index in [4.69, 9.17) is 0 Å². The van der Waals surface area contributed by atoms with Crippen molar-refractivity contribution in [1.29, 1.82) is 0 Å². The molecule has 1 aromatic rings. The summed E-state index contributed by atoms with van der Waals surface area (Å²) in [6.45, 7) is 8.53. The molecule has 0 aliphatic carbocycles. The van der Waals surface area contributed by atoms with Gasteiger partial charge in [-0.2, -0.15) is 9.40 Å². The fourth-order valence-electron chi connectivity index (χ4n) is 3.37. The standard InChI is InChI=1S/C14H24N4O2S/c1-11(2)17-10-14(7-15-17)21(19,20)18-9-13-5-4-6-16(13)8-12(18)3/h7,10-13H,4-6,8-9H2,1-3H3/t12-,13-/m0/s1. The molecule has 2 saturated heterocycles. The molecule has 6 nitrogen and oxygen atoms in total. The van der Waals surface area contributed by atoms with E-state index in [0.717, 1.165) is 19.5 Å². The summed E-state index contributed by atoms with van der Waals surface area (Å²) < 4.78 is 29.1. The van der Waals surface area contributed by atoms with E-state index in [9.17, 15) is 8.42 Å². The molecule has 0 amide bonds. The van der Waals surface area contributed by atoms with Crippen LogP contribution in [0.15, 0.2) is 17.3 Å². The smallest absolute Gasteiger partial charge is 0.246 e. The molecule has 0 aromatic carbocycles. The van der Waals surface area contributed by atoms with Gasteiger partial charge in [0.05, 0.1) is 6.20 Å². The molecular formula is C14H24N4O2S. The lowest BCUT2D eigenvalue weighted by Crippen LogP contribution is -2.56. The van der Waals surface area contributed by atoms with Crippen molar-refractivity contribution in [2.24, 2.45) is 0 Å². The van der Waals surface area contributed by atoms with Crippen molar-refractivity contribution < 1.29 is 8.42 Å². The fraction of sp³-hybridized carbons (Fsp3) is 0.786. The largest absolute Gasteiger partial charge is 0.297 e. The van der Waals surface area contributed by atoms with Crippen molar-refractivity contribution >= 4 is 10.0 Å². The van der Waals surface area contributed by atoms with Crippen LogP contribution in [0, 0.1) is 0 Å². The Hall–Kier alpha value is -0.920. The highest BCUT2D eigenvalue weighted by molar-refractivity contribution is 7.89. The summed E-state index contributed by atoms with van der Waals surface area (Å²) >= 11 is 0. The van der Waals surface area contributed by atoms with Crippen molar-refractivity contribution in [1.82, 2.24) is 19.0 Å². The lowest BCUT2D eigenvalue weighted by molar-refractivity contribution is 0.117. The summed E-state index contributed by atoms with van der Waals surface area (Å²) in [6, 6.07) is 0.570. The first-order chi connectivity index (χ1) is 9.89. The Kier molecular flexibility index (Phi) is 3.83. The summed E-state index contributed by atoms with van der Waals surface area (Å²) in [7, 11) is -3.44. The maximum atomic E-state index is 12.9. The van der Waals surface area contributed by atoms with Gasteiger partial charge in [-0.1, -0.05) is 0 Å². The molecule has 3 heterocycles. The van der Waals surface area contributed by atoms with Crippen LogP contribution >= 0.6 is 0 Å². The number of piperazine rings is 1. The second kappa shape index (κ2) is 5.37. The van der Waals surface area contributed by atoms with Crippen LogP contribution in [0.5, 0.6) is 0 Å². The van der Waals surface area contributed by atoms with Gasteiger partial charge in [-0.25, -0.2) is 8.42 Å². The summed E-state index contributed by atoms with van der Waals surface area (Å²) in [5.41, 5.74) is 0. The number of nitrogens with zero attached hydrogens (tertiary/aromatic N) is 4. The van der Waals surface area contributed by atoms with Crippen molar-refractivity contribution in [2.75, 3.05) is 19.6 Å². The topological polar surface area (TPSA) is 58.4 Å². The number of sulfonamides is 1. The molecule has 0 spiro atoms. The van der Waals surface area contributed by atoms with Gasteiger partial charge in [0.2, 0.25) is 10.0 Å². The molecule has 1 aromatic heterocycles. The zero-order valence-corrected chi connectivity index (χ0v) is 13.8. The van der Waals surface area contributed by atoms with E-state index >= 15 is 0 Å². The third-order valence-electron chi connectivity index (χ3n) is 4.59. The summed E-state index contributed by atoms with van der Waals surface area (Å²) in [5, 5.41) is 4.17. The van der Waals surface area contributed by atoms with Gasteiger partial charge in [0, 0.05) is 37.4 Å². The molecular weight excluding hydrogens is 288 g/mol. The predicted molar refractivity (Wildman–Crippen MR) is 80.6 cm³/mol. The van der Waals surface area contributed by atoms with Crippen molar-refractivity contribution in [3.63, 3.8) is 0 Å². The van der Waals surface area contributed by atoms with E-state index in [1.54, 1.807) is 15.2 Å². The summed E-state index contributed by atoms with van der Waals surface area (Å²) in [6.07, 6.45) is 5.40. The number of hydrogen-bond acceptors (Lipinski definition) is 4. The molecule has 7 heteroatoms. The molecule has 0 N–H and O–H groups in total. The average molecular weight is 312 g/mol. The van der Waals surface area contributed by atoms with Gasteiger partial charge in [0.15, 0.2) is 0 Å². The lowest BCUT2D eigenvalue weighted by Gasteiger charge is -2.41.